The Balaban J connectivity index is 1.71. The lowest BCUT2D eigenvalue weighted by atomic mass is 9.36. The summed E-state index contributed by atoms with van der Waals surface area (Å²) in [6, 6.07) is 0. The highest BCUT2D eigenvalue weighted by atomic mass is 16.5. The van der Waals surface area contributed by atoms with E-state index in [4.69, 9.17) is 10.5 Å². The second-order valence-electron chi connectivity index (χ2n) is 15.8. The van der Waals surface area contributed by atoms with Crippen molar-refractivity contribution >= 4 is 11.9 Å². The minimum Gasteiger partial charge on any atom is -0.458 e. The molecule has 4 saturated carbocycles. The molecule has 0 aromatic carbocycles. The quantitative estimate of drug-likeness (QED) is 0.0885. The standard InChI is InChI=1S/C37H63N3O5/c1-23(2)11-8-12-26(34(44)40-20-10-19-39-18-9-17-38)32-28-21-30(43)33-35(5)15-14-29(42)24(3)27(35)13-16-36(33,6)37(28,7)22-31(32)45-25(4)41/h11,24,27-31,33,39,42-43H,8-10,12-22,38H2,1-7H3,(H,40,44)/b32-26-/t24-,27?,28?,29+,30+,31-,33?,35-,36-,37-/m0/s1. The van der Waals surface area contributed by atoms with E-state index in [1.807, 2.05) is 0 Å². The average molecular weight is 630 g/mol. The molecule has 4 fully saturated rings. The number of nitrogens with one attached hydrogen (secondary N) is 2. The first-order valence-corrected chi connectivity index (χ1v) is 17.8. The van der Waals surface area contributed by atoms with Gasteiger partial charge < -0.3 is 31.3 Å². The molecule has 0 aliphatic heterocycles. The first kappa shape index (κ1) is 36.1. The average Bonchev–Trinajstić information content (AvgIpc) is 3.23. The van der Waals surface area contributed by atoms with Gasteiger partial charge in [0.05, 0.1) is 12.2 Å². The fourth-order valence-corrected chi connectivity index (χ4v) is 10.7. The van der Waals surface area contributed by atoms with Gasteiger partial charge in [-0.2, -0.15) is 0 Å². The summed E-state index contributed by atoms with van der Waals surface area (Å²) >= 11 is 0. The number of carbonyl (C=O) groups excluding carboxylic acids is 2. The van der Waals surface area contributed by atoms with Crippen molar-refractivity contribution in [2.75, 3.05) is 26.2 Å². The van der Waals surface area contributed by atoms with Gasteiger partial charge in [-0.25, -0.2) is 0 Å². The van der Waals surface area contributed by atoms with Crippen molar-refractivity contribution < 1.29 is 24.5 Å². The van der Waals surface area contributed by atoms with Crippen LogP contribution in [0, 0.1) is 39.9 Å². The van der Waals surface area contributed by atoms with E-state index in [1.54, 1.807) is 0 Å². The molecular weight excluding hydrogens is 566 g/mol. The Labute approximate surface area is 272 Å². The summed E-state index contributed by atoms with van der Waals surface area (Å²) in [7, 11) is 0. The molecule has 10 atom stereocenters. The van der Waals surface area contributed by atoms with Crippen molar-refractivity contribution in [3.05, 3.63) is 22.8 Å². The predicted octanol–water partition coefficient (Wildman–Crippen LogP) is 5.03. The van der Waals surface area contributed by atoms with Crippen molar-refractivity contribution in [2.45, 2.75) is 131 Å². The fraction of sp³-hybridized carbons (Fsp3) is 0.838. The van der Waals surface area contributed by atoms with Crippen molar-refractivity contribution in [3.8, 4) is 0 Å². The van der Waals surface area contributed by atoms with Gasteiger partial charge in [0.25, 0.3) is 0 Å². The van der Waals surface area contributed by atoms with Crippen LogP contribution in [0.25, 0.3) is 0 Å². The molecule has 4 rings (SSSR count). The number of hydrogen-bond acceptors (Lipinski definition) is 7. The van der Waals surface area contributed by atoms with E-state index in [0.29, 0.717) is 38.3 Å². The summed E-state index contributed by atoms with van der Waals surface area (Å²) < 4.78 is 6.12. The monoisotopic (exact) mass is 629 g/mol. The number of fused-ring (bicyclic) bond motifs is 5. The maximum absolute atomic E-state index is 14.0. The highest BCUT2D eigenvalue weighted by Gasteiger charge is 2.70. The van der Waals surface area contributed by atoms with Gasteiger partial charge in [-0.1, -0.05) is 39.3 Å². The molecule has 1 amide bonds. The van der Waals surface area contributed by atoms with Gasteiger partial charge in [0, 0.05) is 19.0 Å². The molecule has 0 aromatic rings. The van der Waals surface area contributed by atoms with Crippen LogP contribution in [0.15, 0.2) is 22.8 Å². The molecular formula is C37H63N3O5. The van der Waals surface area contributed by atoms with Gasteiger partial charge in [0.1, 0.15) is 6.10 Å². The molecule has 45 heavy (non-hydrogen) atoms. The van der Waals surface area contributed by atoms with Crippen LogP contribution in [0.5, 0.6) is 0 Å². The van der Waals surface area contributed by atoms with Crippen molar-refractivity contribution in [1.29, 1.82) is 0 Å². The SMILES string of the molecule is CC(=O)O[C@H]1C[C@@]2(C)C(C[C@@H](O)C3[C@@]4(C)CC[C@@H](O)[C@@H](C)C4CC[C@@]32C)/C1=C(\CCC=C(C)C)C(=O)NCCCNCCCN. The van der Waals surface area contributed by atoms with Crippen molar-refractivity contribution in [1.82, 2.24) is 10.6 Å². The second-order valence-corrected chi connectivity index (χ2v) is 15.8. The zero-order valence-corrected chi connectivity index (χ0v) is 29.2. The van der Waals surface area contributed by atoms with Gasteiger partial charge in [-0.15, -0.1) is 0 Å². The summed E-state index contributed by atoms with van der Waals surface area (Å²) in [5.41, 5.74) is 7.92. The Morgan fingerprint density at radius 2 is 1.71 bits per heavy atom. The number of allylic oxidation sites excluding steroid dienone is 2. The van der Waals surface area contributed by atoms with E-state index in [0.717, 1.165) is 69.2 Å². The predicted molar refractivity (Wildman–Crippen MR) is 179 cm³/mol. The van der Waals surface area contributed by atoms with Gasteiger partial charge in [0.15, 0.2) is 0 Å². The Hall–Kier alpha value is -1.74. The zero-order chi connectivity index (χ0) is 33.2. The van der Waals surface area contributed by atoms with Crippen molar-refractivity contribution in [2.24, 2.45) is 45.7 Å². The molecule has 0 saturated heterocycles. The second kappa shape index (κ2) is 14.6. The number of ether oxygens (including phenoxy) is 1. The number of aliphatic hydroxyl groups excluding tert-OH is 2. The minimum atomic E-state index is -0.531. The largest absolute Gasteiger partial charge is 0.458 e. The van der Waals surface area contributed by atoms with Gasteiger partial charge >= 0.3 is 5.97 Å². The normalized spacial score (nSPS) is 40.1. The first-order chi connectivity index (χ1) is 21.2. The molecule has 8 nitrogen and oxygen atoms in total. The molecule has 8 heteroatoms. The number of hydrogen-bond donors (Lipinski definition) is 5. The molecule has 0 spiro atoms. The molecule has 0 radical (unpaired) electrons. The van der Waals surface area contributed by atoms with Crippen LogP contribution in [0.1, 0.15) is 113 Å². The topological polar surface area (TPSA) is 134 Å². The summed E-state index contributed by atoms with van der Waals surface area (Å²) in [6.45, 7) is 17.8. The van der Waals surface area contributed by atoms with E-state index in [2.05, 4.69) is 58.3 Å². The maximum Gasteiger partial charge on any atom is 0.303 e. The van der Waals surface area contributed by atoms with E-state index in [1.165, 1.54) is 12.5 Å². The van der Waals surface area contributed by atoms with Crippen molar-refractivity contribution in [3.63, 3.8) is 0 Å². The molecule has 6 N–H and O–H groups in total. The summed E-state index contributed by atoms with van der Waals surface area (Å²) in [5, 5.41) is 29.5. The smallest absolute Gasteiger partial charge is 0.303 e. The number of amides is 1. The number of esters is 1. The molecule has 0 heterocycles. The third-order valence-corrected chi connectivity index (χ3v) is 13.0. The molecule has 4 aliphatic rings. The Kier molecular flexibility index (Phi) is 11.7. The fourth-order valence-electron chi connectivity index (χ4n) is 10.7. The highest BCUT2D eigenvalue weighted by molar-refractivity contribution is 5.94. The summed E-state index contributed by atoms with van der Waals surface area (Å²) in [6.07, 6.45) is 8.78. The Bertz CT molecular complexity index is 1130. The summed E-state index contributed by atoms with van der Waals surface area (Å²) in [4.78, 5) is 26.6. The highest BCUT2D eigenvalue weighted by Crippen LogP contribution is 2.74. The Morgan fingerprint density at radius 1 is 1.00 bits per heavy atom. The number of carbonyl (C=O) groups is 2. The van der Waals surface area contributed by atoms with E-state index in [-0.39, 0.29) is 52.0 Å². The van der Waals surface area contributed by atoms with E-state index < -0.39 is 12.2 Å². The van der Waals surface area contributed by atoms with E-state index >= 15 is 0 Å². The lowest BCUT2D eigenvalue weighted by Gasteiger charge is -2.69. The molecule has 256 valence electrons. The van der Waals surface area contributed by atoms with Crippen LogP contribution in [0.2, 0.25) is 0 Å². The third-order valence-electron chi connectivity index (χ3n) is 13.0. The van der Waals surface area contributed by atoms with Crippen LogP contribution in [-0.2, 0) is 14.3 Å². The first-order valence-electron chi connectivity index (χ1n) is 17.8. The molecule has 3 unspecified atom stereocenters. The lowest BCUT2D eigenvalue weighted by molar-refractivity contribution is -0.234. The lowest BCUT2D eigenvalue weighted by Crippen LogP contribution is -2.65. The summed E-state index contributed by atoms with van der Waals surface area (Å²) in [5.74, 6) is 0.177. The minimum absolute atomic E-state index is 0.0600. The third kappa shape index (κ3) is 6.95. The Morgan fingerprint density at radius 3 is 2.38 bits per heavy atom. The molecule has 0 aromatic heterocycles. The van der Waals surface area contributed by atoms with Gasteiger partial charge in [-0.3, -0.25) is 9.59 Å². The van der Waals surface area contributed by atoms with Crippen LogP contribution in [-0.4, -0.2) is 66.6 Å². The molecule has 0 bridgehead atoms. The van der Waals surface area contributed by atoms with Gasteiger partial charge in [-0.05, 0) is 143 Å². The maximum atomic E-state index is 14.0. The number of rotatable bonds is 12. The number of aliphatic hydroxyl groups is 2. The number of nitrogens with two attached hydrogens (primary N) is 1. The van der Waals surface area contributed by atoms with Crippen LogP contribution < -0.4 is 16.4 Å². The van der Waals surface area contributed by atoms with Crippen LogP contribution >= 0.6 is 0 Å². The zero-order valence-electron chi connectivity index (χ0n) is 29.2. The van der Waals surface area contributed by atoms with Crippen LogP contribution in [0.4, 0.5) is 0 Å². The molecule has 4 aliphatic carbocycles. The van der Waals surface area contributed by atoms with Gasteiger partial charge in [0.2, 0.25) is 5.91 Å². The van der Waals surface area contributed by atoms with Crippen LogP contribution in [0.3, 0.4) is 0 Å². The van der Waals surface area contributed by atoms with E-state index in [9.17, 15) is 19.8 Å².